The lowest BCUT2D eigenvalue weighted by molar-refractivity contribution is -0.120. The molecule has 0 aliphatic rings. The number of hydrogen-bond acceptors (Lipinski definition) is 6. The molecule has 0 aliphatic carbocycles. The zero-order chi connectivity index (χ0) is 18.2. The monoisotopic (exact) mass is 362 g/mol. The lowest BCUT2D eigenvalue weighted by Crippen LogP contribution is -2.21. The minimum absolute atomic E-state index is 0.0441. The Bertz CT molecular complexity index is 860. The Morgan fingerprint density at radius 1 is 1.32 bits per heavy atom. The van der Waals surface area contributed by atoms with E-state index in [1.165, 1.54) is 12.3 Å². The SMILES string of the molecule is CCOc1ccc(/C=N\NC(=O)Cc2cc(=O)[nH]c(=S)[nH]2)cc1OC. The van der Waals surface area contributed by atoms with Gasteiger partial charge in [0, 0.05) is 11.8 Å². The van der Waals surface area contributed by atoms with Crippen LogP contribution in [0.25, 0.3) is 0 Å². The van der Waals surface area contributed by atoms with Crippen LogP contribution in [-0.2, 0) is 11.2 Å². The minimum atomic E-state index is -0.384. The molecule has 0 radical (unpaired) electrons. The molecule has 2 rings (SSSR count). The highest BCUT2D eigenvalue weighted by molar-refractivity contribution is 7.71. The fraction of sp³-hybridized carbons (Fsp3) is 0.250. The van der Waals surface area contributed by atoms with Crippen LogP contribution in [0.2, 0.25) is 0 Å². The van der Waals surface area contributed by atoms with Crippen molar-refractivity contribution in [3.63, 3.8) is 0 Å². The summed E-state index contributed by atoms with van der Waals surface area (Å²) in [6.45, 7) is 2.42. The maximum atomic E-state index is 11.9. The van der Waals surface area contributed by atoms with Crippen LogP contribution >= 0.6 is 12.2 Å². The molecule has 2 aromatic rings. The molecule has 0 aliphatic heterocycles. The molecule has 0 atom stereocenters. The number of rotatable bonds is 7. The number of methoxy groups -OCH3 is 1. The first-order chi connectivity index (χ1) is 12.0. The number of benzene rings is 1. The number of ether oxygens (including phenoxy) is 2. The van der Waals surface area contributed by atoms with Gasteiger partial charge in [0.25, 0.3) is 5.56 Å². The average Bonchev–Trinajstić information content (AvgIpc) is 2.55. The van der Waals surface area contributed by atoms with Crippen LogP contribution in [0, 0.1) is 4.77 Å². The Kier molecular flexibility index (Phi) is 6.47. The Morgan fingerprint density at radius 2 is 2.12 bits per heavy atom. The first-order valence-electron chi connectivity index (χ1n) is 7.47. The van der Waals surface area contributed by atoms with Crippen molar-refractivity contribution in [2.45, 2.75) is 13.3 Å². The van der Waals surface area contributed by atoms with Gasteiger partial charge < -0.3 is 14.5 Å². The van der Waals surface area contributed by atoms with Gasteiger partial charge in [-0.3, -0.25) is 14.6 Å². The Balaban J connectivity index is 1.99. The molecule has 0 unspecified atom stereocenters. The van der Waals surface area contributed by atoms with E-state index in [0.29, 0.717) is 23.8 Å². The molecule has 0 bridgehead atoms. The minimum Gasteiger partial charge on any atom is -0.493 e. The van der Waals surface area contributed by atoms with Gasteiger partial charge in [0.1, 0.15) is 0 Å². The lowest BCUT2D eigenvalue weighted by atomic mass is 10.2. The molecule has 1 aromatic carbocycles. The van der Waals surface area contributed by atoms with Gasteiger partial charge in [-0.1, -0.05) is 0 Å². The van der Waals surface area contributed by atoms with Crippen LogP contribution < -0.4 is 20.5 Å². The number of aromatic nitrogens is 2. The molecule has 25 heavy (non-hydrogen) atoms. The lowest BCUT2D eigenvalue weighted by Gasteiger charge is -2.09. The number of nitrogens with zero attached hydrogens (tertiary/aromatic N) is 1. The maximum absolute atomic E-state index is 11.9. The van der Waals surface area contributed by atoms with Gasteiger partial charge in [-0.15, -0.1) is 0 Å². The van der Waals surface area contributed by atoms with Crippen LogP contribution in [0.1, 0.15) is 18.2 Å². The summed E-state index contributed by atoms with van der Waals surface area (Å²) < 4.78 is 10.8. The number of H-pyrrole nitrogens is 2. The quantitative estimate of drug-likeness (QED) is 0.393. The van der Waals surface area contributed by atoms with Crippen LogP contribution in [-0.4, -0.2) is 35.8 Å². The van der Waals surface area contributed by atoms with Gasteiger partial charge in [-0.2, -0.15) is 5.10 Å². The van der Waals surface area contributed by atoms with Crippen LogP contribution in [0.15, 0.2) is 34.2 Å². The summed E-state index contributed by atoms with van der Waals surface area (Å²) >= 11 is 4.85. The highest BCUT2D eigenvalue weighted by Crippen LogP contribution is 2.27. The van der Waals surface area contributed by atoms with Crippen molar-refractivity contribution >= 4 is 24.3 Å². The molecule has 1 heterocycles. The number of aromatic amines is 2. The molecular weight excluding hydrogens is 344 g/mol. The molecule has 0 saturated carbocycles. The highest BCUT2D eigenvalue weighted by Gasteiger charge is 2.05. The third-order valence-electron chi connectivity index (χ3n) is 3.06. The molecule has 1 amide bonds. The van der Waals surface area contributed by atoms with Gasteiger partial charge >= 0.3 is 0 Å². The summed E-state index contributed by atoms with van der Waals surface area (Å²) in [6.07, 6.45) is 1.44. The smallest absolute Gasteiger partial charge is 0.251 e. The average molecular weight is 362 g/mol. The van der Waals surface area contributed by atoms with Crippen molar-refractivity contribution in [1.82, 2.24) is 15.4 Å². The predicted octanol–water partition coefficient (Wildman–Crippen LogP) is 1.53. The first-order valence-corrected chi connectivity index (χ1v) is 7.88. The molecule has 8 nitrogen and oxygen atoms in total. The summed E-state index contributed by atoms with van der Waals surface area (Å²) in [4.78, 5) is 28.3. The molecular formula is C16H18N4O4S. The van der Waals surface area contributed by atoms with Gasteiger partial charge in [0.05, 0.1) is 26.4 Å². The fourth-order valence-corrected chi connectivity index (χ4v) is 2.28. The predicted molar refractivity (Wildman–Crippen MR) is 95.9 cm³/mol. The van der Waals surface area contributed by atoms with Crippen molar-refractivity contribution in [2.24, 2.45) is 5.10 Å². The third-order valence-corrected chi connectivity index (χ3v) is 3.26. The first kappa shape index (κ1) is 18.4. The second-order valence-corrected chi connectivity index (χ2v) is 5.33. The molecule has 1 aromatic heterocycles. The van der Waals surface area contributed by atoms with Gasteiger partial charge in [-0.05, 0) is 42.9 Å². The van der Waals surface area contributed by atoms with Gasteiger partial charge in [0.2, 0.25) is 5.91 Å². The molecule has 0 spiro atoms. The van der Waals surface area contributed by atoms with Crippen molar-refractivity contribution in [3.8, 4) is 11.5 Å². The van der Waals surface area contributed by atoms with E-state index < -0.39 is 0 Å². The number of nitrogens with one attached hydrogen (secondary N) is 3. The fourth-order valence-electron chi connectivity index (χ4n) is 2.05. The van der Waals surface area contributed by atoms with E-state index in [1.54, 1.807) is 25.3 Å². The summed E-state index contributed by atoms with van der Waals surface area (Å²) in [5.74, 6) is 0.828. The summed E-state index contributed by atoms with van der Waals surface area (Å²) in [5, 5.41) is 3.89. The van der Waals surface area contributed by atoms with E-state index in [-0.39, 0.29) is 22.7 Å². The third kappa shape index (κ3) is 5.57. The zero-order valence-corrected chi connectivity index (χ0v) is 14.6. The number of carbonyl (C=O) groups excluding carboxylic acids is 1. The molecule has 9 heteroatoms. The molecule has 0 saturated heterocycles. The van der Waals surface area contributed by atoms with Crippen molar-refractivity contribution in [2.75, 3.05) is 13.7 Å². The molecule has 0 fully saturated rings. The topological polar surface area (TPSA) is 109 Å². The summed E-state index contributed by atoms with van der Waals surface area (Å²) in [5.41, 5.74) is 3.16. The number of hydrogen-bond donors (Lipinski definition) is 3. The second kappa shape index (κ2) is 8.78. The standard InChI is InChI=1S/C16H18N4O4S/c1-3-24-12-5-4-10(6-13(12)23-2)9-17-20-15(22)8-11-7-14(21)19-16(25)18-11/h4-7,9H,3,8H2,1-2H3,(H,20,22)(H2,18,19,21,25)/b17-9-. The highest BCUT2D eigenvalue weighted by atomic mass is 32.1. The Labute approximate surface area is 148 Å². The number of hydrazone groups is 1. The Hall–Kier alpha value is -2.94. The van der Waals surface area contributed by atoms with Crippen molar-refractivity contribution < 1.29 is 14.3 Å². The van der Waals surface area contributed by atoms with E-state index in [1.807, 2.05) is 6.92 Å². The zero-order valence-electron chi connectivity index (χ0n) is 13.8. The van der Waals surface area contributed by atoms with Gasteiger partial charge in [0.15, 0.2) is 16.3 Å². The maximum Gasteiger partial charge on any atom is 0.251 e. The van der Waals surface area contributed by atoms with Gasteiger partial charge in [-0.25, -0.2) is 5.43 Å². The van der Waals surface area contributed by atoms with Crippen molar-refractivity contribution in [1.29, 1.82) is 0 Å². The summed E-state index contributed by atoms with van der Waals surface area (Å²) in [7, 11) is 1.55. The summed E-state index contributed by atoms with van der Waals surface area (Å²) in [6, 6.07) is 6.57. The van der Waals surface area contributed by atoms with E-state index in [4.69, 9.17) is 21.7 Å². The second-order valence-electron chi connectivity index (χ2n) is 4.93. The van der Waals surface area contributed by atoms with Crippen LogP contribution in [0.4, 0.5) is 0 Å². The number of carbonyl (C=O) groups is 1. The largest absolute Gasteiger partial charge is 0.493 e. The van der Waals surface area contributed by atoms with Crippen molar-refractivity contribution in [3.05, 3.63) is 50.6 Å². The Morgan fingerprint density at radius 3 is 2.80 bits per heavy atom. The molecule has 132 valence electrons. The van der Waals surface area contributed by atoms with E-state index in [2.05, 4.69) is 20.5 Å². The van der Waals surface area contributed by atoms with E-state index in [0.717, 1.165) is 5.56 Å². The number of amides is 1. The van der Waals surface area contributed by atoms with Crippen LogP contribution in [0.3, 0.4) is 0 Å². The van der Waals surface area contributed by atoms with Crippen LogP contribution in [0.5, 0.6) is 11.5 Å². The molecule has 3 N–H and O–H groups in total. The normalized spacial score (nSPS) is 10.6. The van der Waals surface area contributed by atoms with E-state index >= 15 is 0 Å². The van der Waals surface area contributed by atoms with E-state index in [9.17, 15) is 9.59 Å².